The lowest BCUT2D eigenvalue weighted by Gasteiger charge is -2.43. The summed E-state index contributed by atoms with van der Waals surface area (Å²) in [5, 5.41) is 2.74. The van der Waals surface area contributed by atoms with Crippen molar-refractivity contribution in [2.75, 3.05) is 25.0 Å². The Morgan fingerprint density at radius 3 is 2.79 bits per heavy atom. The number of benzene rings is 1. The van der Waals surface area contributed by atoms with Crippen molar-refractivity contribution in [1.29, 1.82) is 0 Å². The van der Waals surface area contributed by atoms with Gasteiger partial charge in [0.05, 0.1) is 18.2 Å². The maximum atomic E-state index is 13.6. The average molecular weight is 330 g/mol. The van der Waals surface area contributed by atoms with Crippen molar-refractivity contribution in [3.05, 3.63) is 42.6 Å². The number of piperidine rings is 3. The first-order valence-electron chi connectivity index (χ1n) is 8.21. The molecular formula is C18H19FN2O3. The van der Waals surface area contributed by atoms with E-state index in [-0.39, 0.29) is 11.9 Å². The number of nitrogens with one attached hydrogen (secondary N) is 1. The number of carbonyl (C=O) groups excluding carboxylic acids is 1. The molecular weight excluding hydrogens is 311 g/mol. The van der Waals surface area contributed by atoms with Crippen molar-refractivity contribution < 1.29 is 18.3 Å². The van der Waals surface area contributed by atoms with Crippen molar-refractivity contribution in [2.24, 2.45) is 5.92 Å². The van der Waals surface area contributed by atoms with Crippen LogP contribution in [0.3, 0.4) is 0 Å². The predicted molar refractivity (Wildman–Crippen MR) is 87.2 cm³/mol. The van der Waals surface area contributed by atoms with Gasteiger partial charge in [-0.25, -0.2) is 9.18 Å². The van der Waals surface area contributed by atoms with Gasteiger partial charge in [0.1, 0.15) is 11.9 Å². The summed E-state index contributed by atoms with van der Waals surface area (Å²) < 4.78 is 24.2. The highest BCUT2D eigenvalue weighted by molar-refractivity contribution is 5.91. The van der Waals surface area contributed by atoms with Gasteiger partial charge in [-0.2, -0.15) is 0 Å². The third-order valence-corrected chi connectivity index (χ3v) is 4.91. The van der Waals surface area contributed by atoms with Crippen LogP contribution in [0.2, 0.25) is 0 Å². The number of hydrogen-bond donors (Lipinski definition) is 1. The fourth-order valence-electron chi connectivity index (χ4n) is 3.60. The molecule has 1 amide bonds. The van der Waals surface area contributed by atoms with E-state index >= 15 is 0 Å². The predicted octanol–water partition coefficient (Wildman–Crippen LogP) is 3.73. The van der Waals surface area contributed by atoms with E-state index in [1.54, 1.807) is 6.07 Å². The average Bonchev–Trinajstić information content (AvgIpc) is 3.12. The number of nitrogens with zero attached hydrogens (tertiary/aromatic N) is 1. The number of ether oxygens (including phenoxy) is 1. The van der Waals surface area contributed by atoms with Crippen LogP contribution < -0.4 is 5.32 Å². The van der Waals surface area contributed by atoms with Gasteiger partial charge in [-0.1, -0.05) is 0 Å². The second-order valence-electron chi connectivity index (χ2n) is 6.41. The Morgan fingerprint density at radius 1 is 1.29 bits per heavy atom. The summed E-state index contributed by atoms with van der Waals surface area (Å²) in [5.74, 6) is 0.0739. The minimum Gasteiger partial charge on any atom is -0.472 e. The van der Waals surface area contributed by atoms with E-state index in [1.165, 1.54) is 30.7 Å². The summed E-state index contributed by atoms with van der Waals surface area (Å²) in [7, 11) is 0. The lowest BCUT2D eigenvalue weighted by Crippen LogP contribution is -2.52. The van der Waals surface area contributed by atoms with E-state index in [4.69, 9.17) is 9.15 Å². The molecule has 126 valence electrons. The molecule has 0 saturated carbocycles. The van der Waals surface area contributed by atoms with Gasteiger partial charge in [0.25, 0.3) is 0 Å². The van der Waals surface area contributed by atoms with E-state index in [1.807, 2.05) is 0 Å². The molecule has 5 rings (SSSR count). The van der Waals surface area contributed by atoms with E-state index in [0.29, 0.717) is 22.7 Å². The molecule has 3 aliphatic heterocycles. The molecule has 5 nitrogen and oxygen atoms in total. The highest BCUT2D eigenvalue weighted by atomic mass is 19.1. The summed E-state index contributed by atoms with van der Waals surface area (Å²) in [6.45, 7) is 2.99. The minimum atomic E-state index is -0.495. The normalized spacial score (nSPS) is 25.5. The number of furan rings is 1. The fraction of sp³-hybridized carbons (Fsp3) is 0.389. The molecule has 0 spiro atoms. The number of halogens is 1. The van der Waals surface area contributed by atoms with Crippen molar-refractivity contribution >= 4 is 11.8 Å². The van der Waals surface area contributed by atoms with Gasteiger partial charge in [0.15, 0.2) is 0 Å². The summed E-state index contributed by atoms with van der Waals surface area (Å²) in [4.78, 5) is 14.6. The second kappa shape index (κ2) is 6.28. The molecule has 2 bridgehead atoms. The number of hydrogen-bond acceptors (Lipinski definition) is 4. The SMILES string of the molecule is O=C(Nc1ccc(F)cc1-c1ccoc1)O[C@H]1CN2CCC1CC2. The highest BCUT2D eigenvalue weighted by Crippen LogP contribution is 2.31. The van der Waals surface area contributed by atoms with Gasteiger partial charge in [-0.3, -0.25) is 10.2 Å². The zero-order valence-corrected chi connectivity index (χ0v) is 13.2. The Bertz CT molecular complexity index is 724. The molecule has 0 unspecified atom stereocenters. The molecule has 3 saturated heterocycles. The van der Waals surface area contributed by atoms with Gasteiger partial charge < -0.3 is 9.15 Å². The first kappa shape index (κ1) is 15.2. The Balaban J connectivity index is 1.48. The van der Waals surface area contributed by atoms with Gasteiger partial charge in [-0.15, -0.1) is 0 Å². The number of rotatable bonds is 3. The zero-order chi connectivity index (χ0) is 16.5. The fourth-order valence-corrected chi connectivity index (χ4v) is 3.60. The molecule has 1 atom stereocenters. The monoisotopic (exact) mass is 330 g/mol. The number of carbonyl (C=O) groups is 1. The topological polar surface area (TPSA) is 54.7 Å². The quantitative estimate of drug-likeness (QED) is 0.932. The van der Waals surface area contributed by atoms with Crippen LogP contribution in [0.15, 0.2) is 41.2 Å². The third-order valence-electron chi connectivity index (χ3n) is 4.91. The van der Waals surface area contributed by atoms with Crippen LogP contribution in [0, 0.1) is 11.7 Å². The highest BCUT2D eigenvalue weighted by Gasteiger charge is 2.36. The molecule has 1 aromatic heterocycles. The Labute approximate surface area is 139 Å². The minimum absolute atomic E-state index is 0.0645. The van der Waals surface area contributed by atoms with Crippen LogP contribution in [0.4, 0.5) is 14.9 Å². The molecule has 3 fully saturated rings. The molecule has 1 aromatic carbocycles. The molecule has 6 heteroatoms. The Hall–Kier alpha value is -2.34. The smallest absolute Gasteiger partial charge is 0.411 e. The Morgan fingerprint density at radius 2 is 2.12 bits per heavy atom. The summed E-state index contributed by atoms with van der Waals surface area (Å²) in [6, 6.07) is 5.94. The first-order chi connectivity index (χ1) is 11.7. The van der Waals surface area contributed by atoms with Crippen LogP contribution in [0.1, 0.15) is 12.8 Å². The molecule has 24 heavy (non-hydrogen) atoms. The molecule has 3 aliphatic rings. The number of fused-ring (bicyclic) bond motifs is 3. The molecule has 0 aliphatic carbocycles. The zero-order valence-electron chi connectivity index (χ0n) is 13.2. The van der Waals surface area contributed by atoms with Gasteiger partial charge in [0.2, 0.25) is 0 Å². The molecule has 2 aromatic rings. The summed E-state index contributed by atoms with van der Waals surface area (Å²) in [5.41, 5.74) is 1.77. The standard InChI is InChI=1S/C18H19FN2O3/c19-14-1-2-16(15(9-14)13-5-8-23-11-13)20-18(22)24-17-10-21-6-3-12(17)4-7-21/h1-2,5,8-9,11-12,17H,3-4,6-7,10H2,(H,20,22)/t17-/m0/s1. The lowest BCUT2D eigenvalue weighted by atomic mass is 9.86. The van der Waals surface area contributed by atoms with Gasteiger partial charge in [-0.05, 0) is 56.1 Å². The van der Waals surface area contributed by atoms with Crippen molar-refractivity contribution in [3.8, 4) is 11.1 Å². The third kappa shape index (κ3) is 3.01. The molecule has 1 N–H and O–H groups in total. The number of anilines is 1. The maximum absolute atomic E-state index is 13.6. The maximum Gasteiger partial charge on any atom is 0.411 e. The van der Waals surface area contributed by atoms with Crippen molar-refractivity contribution in [3.63, 3.8) is 0 Å². The van der Waals surface area contributed by atoms with Crippen LogP contribution in [-0.2, 0) is 4.74 Å². The van der Waals surface area contributed by atoms with E-state index in [9.17, 15) is 9.18 Å². The van der Waals surface area contributed by atoms with Crippen LogP contribution >= 0.6 is 0 Å². The number of amides is 1. The Kier molecular flexibility index (Phi) is 3.98. The first-order valence-corrected chi connectivity index (χ1v) is 8.21. The second-order valence-corrected chi connectivity index (χ2v) is 6.41. The van der Waals surface area contributed by atoms with E-state index in [2.05, 4.69) is 10.2 Å². The van der Waals surface area contributed by atoms with Crippen molar-refractivity contribution in [1.82, 2.24) is 4.90 Å². The summed E-state index contributed by atoms with van der Waals surface area (Å²) in [6.07, 6.45) is 4.62. The molecule has 4 heterocycles. The lowest BCUT2D eigenvalue weighted by molar-refractivity contribution is -0.0289. The van der Waals surface area contributed by atoms with E-state index in [0.717, 1.165) is 32.5 Å². The van der Waals surface area contributed by atoms with Crippen molar-refractivity contribution in [2.45, 2.75) is 18.9 Å². The largest absolute Gasteiger partial charge is 0.472 e. The van der Waals surface area contributed by atoms with Gasteiger partial charge >= 0.3 is 6.09 Å². The van der Waals surface area contributed by atoms with E-state index < -0.39 is 6.09 Å². The van der Waals surface area contributed by atoms with Crippen LogP contribution in [-0.4, -0.2) is 36.7 Å². The van der Waals surface area contributed by atoms with Gasteiger partial charge in [0, 0.05) is 17.7 Å². The van der Waals surface area contributed by atoms with Crippen LogP contribution in [0.5, 0.6) is 0 Å². The summed E-state index contributed by atoms with van der Waals surface area (Å²) >= 11 is 0. The molecule has 0 radical (unpaired) electrons. The van der Waals surface area contributed by atoms with Crippen LogP contribution in [0.25, 0.3) is 11.1 Å².